The minimum absolute atomic E-state index is 0.0469. The standard InChI is InChI=1S/C15H29NO6/c1-15(2)21-12-3-5-20-13(14(12)22-15)11-19-10-9-18-8-7-17-6-4-16/h12-14H,3-11,16H2,1-2H3. The van der Waals surface area contributed by atoms with Crippen molar-refractivity contribution >= 4 is 0 Å². The molecule has 2 aliphatic rings. The molecule has 0 bridgehead atoms. The lowest BCUT2D eigenvalue weighted by molar-refractivity contribution is -0.160. The average Bonchev–Trinajstić information content (AvgIpc) is 2.80. The third-order valence-electron chi connectivity index (χ3n) is 3.61. The first-order valence-electron chi connectivity index (χ1n) is 8.03. The zero-order valence-electron chi connectivity index (χ0n) is 13.6. The van der Waals surface area contributed by atoms with Crippen LogP contribution in [0, 0.1) is 0 Å². The second-order valence-electron chi connectivity index (χ2n) is 5.92. The molecule has 2 N–H and O–H groups in total. The molecule has 0 aromatic heterocycles. The van der Waals surface area contributed by atoms with E-state index in [0.717, 1.165) is 6.42 Å². The highest BCUT2D eigenvalue weighted by atomic mass is 16.8. The van der Waals surface area contributed by atoms with Crippen molar-refractivity contribution in [2.75, 3.05) is 52.8 Å². The van der Waals surface area contributed by atoms with E-state index in [4.69, 9.17) is 34.2 Å². The second kappa shape index (κ2) is 9.12. The van der Waals surface area contributed by atoms with Crippen molar-refractivity contribution in [2.45, 2.75) is 44.4 Å². The summed E-state index contributed by atoms with van der Waals surface area (Å²) >= 11 is 0. The Bertz CT molecular complexity index is 314. The van der Waals surface area contributed by atoms with Gasteiger partial charge in [-0.15, -0.1) is 0 Å². The van der Waals surface area contributed by atoms with E-state index in [1.165, 1.54) is 0 Å². The third kappa shape index (κ3) is 5.73. The van der Waals surface area contributed by atoms with Crippen molar-refractivity contribution < 1.29 is 28.4 Å². The molecule has 0 amide bonds. The summed E-state index contributed by atoms with van der Waals surface area (Å²) in [5.41, 5.74) is 5.32. The van der Waals surface area contributed by atoms with E-state index >= 15 is 0 Å². The molecule has 2 saturated heterocycles. The van der Waals surface area contributed by atoms with Gasteiger partial charge >= 0.3 is 0 Å². The van der Waals surface area contributed by atoms with Crippen LogP contribution in [0.5, 0.6) is 0 Å². The Hall–Kier alpha value is -0.280. The fraction of sp³-hybridized carbons (Fsp3) is 1.00. The zero-order valence-corrected chi connectivity index (χ0v) is 13.6. The Morgan fingerprint density at radius 3 is 2.41 bits per heavy atom. The Kier molecular flexibility index (Phi) is 7.49. The largest absolute Gasteiger partial charge is 0.378 e. The Labute approximate surface area is 132 Å². The molecule has 7 heteroatoms. The molecule has 0 spiro atoms. The van der Waals surface area contributed by atoms with Gasteiger partial charge in [-0.1, -0.05) is 0 Å². The second-order valence-corrected chi connectivity index (χ2v) is 5.92. The SMILES string of the molecule is CC1(C)OC2CCOC(COCCOCCOCCN)C2O1. The molecule has 0 radical (unpaired) electrons. The number of nitrogens with two attached hydrogens (primary N) is 1. The molecule has 2 aliphatic heterocycles. The first-order chi connectivity index (χ1) is 10.6. The molecule has 3 atom stereocenters. The molecule has 0 aliphatic carbocycles. The number of hydrogen-bond acceptors (Lipinski definition) is 7. The first kappa shape index (κ1) is 18.1. The summed E-state index contributed by atoms with van der Waals surface area (Å²) in [5.74, 6) is -0.534. The van der Waals surface area contributed by atoms with Crippen molar-refractivity contribution in [3.8, 4) is 0 Å². The highest BCUT2D eigenvalue weighted by molar-refractivity contribution is 4.90. The molecule has 2 rings (SSSR count). The molecule has 0 aromatic rings. The number of rotatable bonds is 10. The monoisotopic (exact) mass is 319 g/mol. The molecule has 22 heavy (non-hydrogen) atoms. The van der Waals surface area contributed by atoms with Crippen LogP contribution in [0.15, 0.2) is 0 Å². The fourth-order valence-electron chi connectivity index (χ4n) is 2.70. The van der Waals surface area contributed by atoms with Crippen LogP contribution >= 0.6 is 0 Å². The summed E-state index contributed by atoms with van der Waals surface area (Å²) in [5, 5.41) is 0. The van der Waals surface area contributed by atoms with Crippen LogP contribution in [0.4, 0.5) is 0 Å². The molecule has 0 saturated carbocycles. The van der Waals surface area contributed by atoms with Gasteiger partial charge < -0.3 is 34.2 Å². The number of hydrogen-bond donors (Lipinski definition) is 1. The van der Waals surface area contributed by atoms with Gasteiger partial charge in [-0.2, -0.15) is 0 Å². The highest BCUT2D eigenvalue weighted by Gasteiger charge is 2.47. The summed E-state index contributed by atoms with van der Waals surface area (Å²) in [6, 6.07) is 0. The summed E-state index contributed by atoms with van der Waals surface area (Å²) in [6.07, 6.45) is 0.854. The van der Waals surface area contributed by atoms with Gasteiger partial charge in [0.2, 0.25) is 0 Å². The summed E-state index contributed by atoms with van der Waals surface area (Å²) in [4.78, 5) is 0. The minimum atomic E-state index is -0.534. The van der Waals surface area contributed by atoms with Gasteiger partial charge in [0.25, 0.3) is 0 Å². The maximum absolute atomic E-state index is 5.91. The Morgan fingerprint density at radius 1 is 1.00 bits per heavy atom. The summed E-state index contributed by atoms with van der Waals surface area (Å²) < 4.78 is 33.8. The van der Waals surface area contributed by atoms with Gasteiger partial charge in [0.15, 0.2) is 5.79 Å². The van der Waals surface area contributed by atoms with Crippen LogP contribution in [0.25, 0.3) is 0 Å². The summed E-state index contributed by atoms with van der Waals surface area (Å²) in [6.45, 7) is 8.33. The molecular weight excluding hydrogens is 290 g/mol. The van der Waals surface area contributed by atoms with Crippen molar-refractivity contribution in [2.24, 2.45) is 5.73 Å². The molecule has 3 unspecified atom stereocenters. The van der Waals surface area contributed by atoms with Crippen LogP contribution < -0.4 is 5.73 Å². The van der Waals surface area contributed by atoms with E-state index < -0.39 is 5.79 Å². The van der Waals surface area contributed by atoms with Crippen molar-refractivity contribution in [1.29, 1.82) is 0 Å². The topological polar surface area (TPSA) is 81.4 Å². The van der Waals surface area contributed by atoms with Crippen molar-refractivity contribution in [3.63, 3.8) is 0 Å². The quantitative estimate of drug-likeness (QED) is 0.580. The average molecular weight is 319 g/mol. The van der Waals surface area contributed by atoms with Crippen LogP contribution in [-0.4, -0.2) is 76.9 Å². The fourth-order valence-corrected chi connectivity index (χ4v) is 2.70. The molecule has 0 aromatic carbocycles. The lowest BCUT2D eigenvalue weighted by Gasteiger charge is -2.31. The molecule has 7 nitrogen and oxygen atoms in total. The Morgan fingerprint density at radius 2 is 1.68 bits per heavy atom. The van der Waals surface area contributed by atoms with E-state index in [1.54, 1.807) is 0 Å². The van der Waals surface area contributed by atoms with Crippen LogP contribution in [0.1, 0.15) is 20.3 Å². The number of ether oxygens (including phenoxy) is 6. The molecule has 2 fully saturated rings. The van der Waals surface area contributed by atoms with Crippen LogP contribution in [0.3, 0.4) is 0 Å². The van der Waals surface area contributed by atoms with Gasteiger partial charge in [0, 0.05) is 13.2 Å². The highest BCUT2D eigenvalue weighted by Crippen LogP contribution is 2.35. The predicted octanol–water partition coefficient (Wildman–Crippen LogP) is 0.304. The molecule has 2 heterocycles. The van der Waals surface area contributed by atoms with Gasteiger partial charge in [-0.05, 0) is 20.3 Å². The number of fused-ring (bicyclic) bond motifs is 1. The van der Waals surface area contributed by atoms with Crippen LogP contribution in [-0.2, 0) is 28.4 Å². The van der Waals surface area contributed by atoms with Gasteiger partial charge in [-0.3, -0.25) is 0 Å². The van der Waals surface area contributed by atoms with Crippen molar-refractivity contribution in [3.05, 3.63) is 0 Å². The smallest absolute Gasteiger partial charge is 0.163 e. The maximum Gasteiger partial charge on any atom is 0.163 e. The lowest BCUT2D eigenvalue weighted by atomic mass is 10.0. The molecular formula is C15H29NO6. The zero-order chi connectivity index (χ0) is 15.8. The van der Waals surface area contributed by atoms with E-state index in [2.05, 4.69) is 0 Å². The van der Waals surface area contributed by atoms with Crippen LogP contribution in [0.2, 0.25) is 0 Å². The molecule has 130 valence electrons. The maximum atomic E-state index is 5.91. The van der Waals surface area contributed by atoms with E-state index in [9.17, 15) is 0 Å². The summed E-state index contributed by atoms with van der Waals surface area (Å²) in [7, 11) is 0. The third-order valence-corrected chi connectivity index (χ3v) is 3.61. The normalized spacial score (nSPS) is 30.4. The lowest BCUT2D eigenvalue weighted by Crippen LogP contribution is -2.45. The first-order valence-corrected chi connectivity index (χ1v) is 8.03. The van der Waals surface area contributed by atoms with Gasteiger partial charge in [0.1, 0.15) is 12.2 Å². The van der Waals surface area contributed by atoms with E-state index in [1.807, 2.05) is 13.8 Å². The van der Waals surface area contributed by atoms with E-state index in [-0.39, 0.29) is 18.3 Å². The minimum Gasteiger partial charge on any atom is -0.378 e. The predicted molar refractivity (Wildman–Crippen MR) is 79.7 cm³/mol. The van der Waals surface area contributed by atoms with Gasteiger partial charge in [0.05, 0.1) is 45.7 Å². The Balaban J connectivity index is 1.53. The van der Waals surface area contributed by atoms with Crippen molar-refractivity contribution in [1.82, 2.24) is 0 Å². The van der Waals surface area contributed by atoms with Gasteiger partial charge in [-0.25, -0.2) is 0 Å². The van der Waals surface area contributed by atoms with E-state index in [0.29, 0.717) is 52.8 Å².